The quantitative estimate of drug-likeness (QED) is 0.791. The second-order valence-corrected chi connectivity index (χ2v) is 4.50. The molecule has 116 valence electrons. The average molecular weight is 303 g/mol. The lowest BCUT2D eigenvalue weighted by Gasteiger charge is -2.12. The van der Waals surface area contributed by atoms with Gasteiger partial charge in [-0.1, -0.05) is 0 Å². The summed E-state index contributed by atoms with van der Waals surface area (Å²) in [6, 6.07) is 3.70. The molecule has 2 aromatic rings. The van der Waals surface area contributed by atoms with Crippen LogP contribution in [0.25, 0.3) is 6.08 Å². The SMILES string of the molecule is COc1nc(CNC(=O)/C=C/c2ccco2)nc(N(C)C)n1. The molecular weight excluding hydrogens is 286 g/mol. The molecule has 2 rings (SSSR count). The monoisotopic (exact) mass is 303 g/mol. The molecular formula is C14H17N5O3. The highest BCUT2D eigenvalue weighted by Crippen LogP contribution is 2.09. The van der Waals surface area contributed by atoms with Gasteiger partial charge in [0.05, 0.1) is 19.9 Å². The minimum Gasteiger partial charge on any atom is -0.467 e. The molecule has 0 aromatic carbocycles. The highest BCUT2D eigenvalue weighted by atomic mass is 16.5. The Morgan fingerprint density at radius 2 is 2.23 bits per heavy atom. The van der Waals surface area contributed by atoms with E-state index < -0.39 is 0 Å². The van der Waals surface area contributed by atoms with Crippen LogP contribution in [0, 0.1) is 0 Å². The third kappa shape index (κ3) is 4.30. The molecule has 8 nitrogen and oxygen atoms in total. The van der Waals surface area contributed by atoms with Crippen LogP contribution < -0.4 is 15.0 Å². The molecule has 0 radical (unpaired) electrons. The molecule has 8 heteroatoms. The molecule has 0 atom stereocenters. The Kier molecular flexibility index (Phi) is 5.07. The Labute approximate surface area is 127 Å². The number of hydrogen-bond acceptors (Lipinski definition) is 7. The first-order chi connectivity index (χ1) is 10.6. The van der Waals surface area contributed by atoms with E-state index >= 15 is 0 Å². The van der Waals surface area contributed by atoms with E-state index in [1.54, 1.807) is 23.1 Å². The molecule has 0 unspecified atom stereocenters. The number of aromatic nitrogens is 3. The summed E-state index contributed by atoms with van der Waals surface area (Å²) in [4.78, 5) is 25.9. The predicted octanol–water partition coefficient (Wildman–Crippen LogP) is 0.869. The lowest BCUT2D eigenvalue weighted by atomic mass is 10.4. The van der Waals surface area contributed by atoms with Crippen molar-refractivity contribution >= 4 is 17.9 Å². The summed E-state index contributed by atoms with van der Waals surface area (Å²) in [6.07, 6.45) is 4.50. The molecule has 2 aromatic heterocycles. The summed E-state index contributed by atoms with van der Waals surface area (Å²) in [7, 11) is 5.09. The number of nitrogens with one attached hydrogen (secondary N) is 1. The fourth-order valence-electron chi connectivity index (χ4n) is 1.53. The van der Waals surface area contributed by atoms with Crippen LogP contribution in [-0.2, 0) is 11.3 Å². The van der Waals surface area contributed by atoms with E-state index in [0.717, 1.165) is 0 Å². The molecule has 0 aliphatic rings. The number of nitrogens with zero attached hydrogens (tertiary/aromatic N) is 4. The summed E-state index contributed by atoms with van der Waals surface area (Å²) in [5.74, 6) is 1.20. The highest BCUT2D eigenvalue weighted by molar-refractivity contribution is 5.91. The van der Waals surface area contributed by atoms with Crippen LogP contribution in [0.2, 0.25) is 0 Å². The highest BCUT2D eigenvalue weighted by Gasteiger charge is 2.09. The van der Waals surface area contributed by atoms with Gasteiger partial charge in [-0.15, -0.1) is 0 Å². The van der Waals surface area contributed by atoms with Gasteiger partial charge in [0.2, 0.25) is 11.9 Å². The molecule has 0 aliphatic carbocycles. The topological polar surface area (TPSA) is 93.4 Å². The normalized spacial score (nSPS) is 10.7. The van der Waals surface area contributed by atoms with Gasteiger partial charge in [-0.25, -0.2) is 0 Å². The van der Waals surface area contributed by atoms with Crippen LogP contribution in [0.4, 0.5) is 5.95 Å². The number of ether oxygens (including phenoxy) is 1. The zero-order valence-electron chi connectivity index (χ0n) is 12.6. The lowest BCUT2D eigenvalue weighted by molar-refractivity contribution is -0.116. The van der Waals surface area contributed by atoms with Crippen molar-refractivity contribution in [1.82, 2.24) is 20.3 Å². The predicted molar refractivity (Wildman–Crippen MR) is 80.3 cm³/mol. The molecule has 0 spiro atoms. The van der Waals surface area contributed by atoms with Gasteiger partial charge in [0, 0.05) is 20.2 Å². The van der Waals surface area contributed by atoms with E-state index in [4.69, 9.17) is 9.15 Å². The minimum absolute atomic E-state index is 0.168. The van der Waals surface area contributed by atoms with Gasteiger partial charge in [-0.3, -0.25) is 4.79 Å². The summed E-state index contributed by atoms with van der Waals surface area (Å²) in [5.41, 5.74) is 0. The van der Waals surface area contributed by atoms with Gasteiger partial charge in [-0.05, 0) is 18.2 Å². The fourth-order valence-corrected chi connectivity index (χ4v) is 1.53. The maximum absolute atomic E-state index is 11.7. The summed E-state index contributed by atoms with van der Waals surface area (Å²) in [5, 5.41) is 2.68. The average Bonchev–Trinajstić information content (AvgIpc) is 3.04. The fraction of sp³-hybridized carbons (Fsp3) is 0.286. The van der Waals surface area contributed by atoms with Crippen LogP contribution in [0.15, 0.2) is 28.9 Å². The van der Waals surface area contributed by atoms with Crippen molar-refractivity contribution in [2.45, 2.75) is 6.54 Å². The van der Waals surface area contributed by atoms with Crippen molar-refractivity contribution in [1.29, 1.82) is 0 Å². The first-order valence-corrected chi connectivity index (χ1v) is 6.54. The van der Waals surface area contributed by atoms with Gasteiger partial charge in [-0.2, -0.15) is 15.0 Å². The third-order valence-electron chi connectivity index (χ3n) is 2.59. The van der Waals surface area contributed by atoms with Crippen molar-refractivity contribution in [3.8, 4) is 6.01 Å². The van der Waals surface area contributed by atoms with E-state index in [1.165, 1.54) is 19.4 Å². The van der Waals surface area contributed by atoms with E-state index in [0.29, 0.717) is 17.5 Å². The molecule has 2 heterocycles. The third-order valence-corrected chi connectivity index (χ3v) is 2.59. The number of furan rings is 1. The smallest absolute Gasteiger partial charge is 0.321 e. The van der Waals surface area contributed by atoms with Gasteiger partial charge < -0.3 is 19.4 Å². The molecule has 0 fully saturated rings. The molecule has 1 N–H and O–H groups in total. The molecule has 0 aliphatic heterocycles. The zero-order chi connectivity index (χ0) is 15.9. The Bertz CT molecular complexity index is 653. The number of hydrogen-bond donors (Lipinski definition) is 1. The molecule has 0 bridgehead atoms. The number of carbonyl (C=O) groups is 1. The Morgan fingerprint density at radius 3 is 2.86 bits per heavy atom. The van der Waals surface area contributed by atoms with Crippen molar-refractivity contribution in [2.24, 2.45) is 0 Å². The number of anilines is 1. The number of carbonyl (C=O) groups excluding carboxylic acids is 1. The molecule has 0 saturated heterocycles. The van der Waals surface area contributed by atoms with Crippen LogP contribution in [0.3, 0.4) is 0 Å². The van der Waals surface area contributed by atoms with Crippen LogP contribution >= 0.6 is 0 Å². The largest absolute Gasteiger partial charge is 0.467 e. The van der Waals surface area contributed by atoms with Crippen LogP contribution in [-0.4, -0.2) is 42.1 Å². The van der Waals surface area contributed by atoms with E-state index in [2.05, 4.69) is 20.3 Å². The number of methoxy groups -OCH3 is 1. The van der Waals surface area contributed by atoms with Gasteiger partial charge in [0.25, 0.3) is 0 Å². The Morgan fingerprint density at radius 1 is 1.41 bits per heavy atom. The Hall–Kier alpha value is -2.90. The summed E-state index contributed by atoms with van der Waals surface area (Å²) >= 11 is 0. The van der Waals surface area contributed by atoms with E-state index in [1.807, 2.05) is 14.1 Å². The van der Waals surface area contributed by atoms with Crippen molar-refractivity contribution in [3.05, 3.63) is 36.1 Å². The van der Waals surface area contributed by atoms with Gasteiger partial charge >= 0.3 is 6.01 Å². The second-order valence-electron chi connectivity index (χ2n) is 4.50. The van der Waals surface area contributed by atoms with Crippen LogP contribution in [0.1, 0.15) is 11.6 Å². The molecule has 22 heavy (non-hydrogen) atoms. The van der Waals surface area contributed by atoms with Crippen LogP contribution in [0.5, 0.6) is 6.01 Å². The molecule has 0 saturated carbocycles. The first-order valence-electron chi connectivity index (χ1n) is 6.54. The minimum atomic E-state index is -0.276. The second kappa shape index (κ2) is 7.21. The summed E-state index contributed by atoms with van der Waals surface area (Å²) < 4.78 is 10.1. The van der Waals surface area contributed by atoms with Gasteiger partial charge in [0.1, 0.15) is 5.76 Å². The maximum Gasteiger partial charge on any atom is 0.321 e. The lowest BCUT2D eigenvalue weighted by Crippen LogP contribution is -2.23. The first kappa shape index (κ1) is 15.5. The summed E-state index contributed by atoms with van der Waals surface area (Å²) in [6.45, 7) is 0.168. The van der Waals surface area contributed by atoms with E-state index in [9.17, 15) is 4.79 Å². The maximum atomic E-state index is 11.7. The van der Waals surface area contributed by atoms with Crippen molar-refractivity contribution in [3.63, 3.8) is 0 Å². The van der Waals surface area contributed by atoms with E-state index in [-0.39, 0.29) is 18.5 Å². The Balaban J connectivity index is 1.98. The standard InChI is InChI=1S/C14H17N5O3/c1-19(2)13-16-11(17-14(18-13)21-3)9-15-12(20)7-6-10-5-4-8-22-10/h4-8H,9H2,1-3H3,(H,15,20)/b7-6+. The van der Waals surface area contributed by atoms with Crippen molar-refractivity contribution in [2.75, 3.05) is 26.1 Å². The number of amides is 1. The number of rotatable bonds is 6. The van der Waals surface area contributed by atoms with Gasteiger partial charge in [0.15, 0.2) is 5.82 Å². The molecule has 1 amide bonds. The zero-order valence-corrected chi connectivity index (χ0v) is 12.6. The van der Waals surface area contributed by atoms with Crippen molar-refractivity contribution < 1.29 is 13.9 Å².